The largest absolute Gasteiger partial charge is 0.477 e. The van der Waals surface area contributed by atoms with Crippen molar-refractivity contribution < 1.29 is 38.6 Å². The van der Waals surface area contributed by atoms with Gasteiger partial charge in [-0.05, 0) is 0 Å². The summed E-state index contributed by atoms with van der Waals surface area (Å²) in [6.07, 6.45) is -1.26. The van der Waals surface area contributed by atoms with E-state index in [0.717, 1.165) is 23.8 Å². The summed E-state index contributed by atoms with van der Waals surface area (Å²) in [5.74, 6) is -3.69. The number of nitrogens with zero attached hydrogens (tertiary/aromatic N) is 1. The molecule has 2 amide bonds. The molecule has 1 aromatic rings. The lowest BCUT2D eigenvalue weighted by Crippen LogP contribution is -2.71. The highest BCUT2D eigenvalue weighted by atomic mass is 32.2. The van der Waals surface area contributed by atoms with Gasteiger partial charge in [-0.25, -0.2) is 9.59 Å². The number of hydrogen-bond donors (Lipinski definition) is 2. The number of thioether (sulfide) groups is 1. The molecule has 0 radical (unpaired) electrons. The smallest absolute Gasteiger partial charge is 0.353 e. The first kappa shape index (κ1) is 20.4. The molecule has 1 saturated heterocycles. The highest BCUT2D eigenvalue weighted by Crippen LogP contribution is 2.40. The van der Waals surface area contributed by atoms with Crippen LogP contribution >= 0.6 is 11.8 Å². The van der Waals surface area contributed by atoms with Crippen molar-refractivity contribution >= 4 is 42.0 Å². The zero-order chi connectivity index (χ0) is 21.1. The fourth-order valence-electron chi connectivity index (χ4n) is 3.10. The second kappa shape index (κ2) is 8.35. The highest BCUT2D eigenvalue weighted by molar-refractivity contribution is 8.00. The first-order chi connectivity index (χ1) is 13.9. The standard InChI is InChI=1S/C18H16N2O8S/c1-27-18(26)10-7-29-16-11(15(23)20(16)12(10)17(24)25)19-14(22)13(28-8-21)9-5-3-2-4-6-9/h2-6,8,11,13,16H,7H2,1H3,(H,19,22)(H,24,25)/t11?,13?,16-/m0/s1. The number of amides is 2. The normalized spacial score (nSPS) is 21.4. The van der Waals surface area contributed by atoms with Gasteiger partial charge >= 0.3 is 11.9 Å². The highest BCUT2D eigenvalue weighted by Gasteiger charge is 2.55. The van der Waals surface area contributed by atoms with Gasteiger partial charge in [0.05, 0.1) is 12.7 Å². The van der Waals surface area contributed by atoms with Gasteiger partial charge in [0.1, 0.15) is 17.1 Å². The molecule has 0 aromatic heterocycles. The summed E-state index contributed by atoms with van der Waals surface area (Å²) in [5, 5.41) is 11.2. The minimum atomic E-state index is -1.44. The molecule has 2 N–H and O–H groups in total. The minimum Gasteiger partial charge on any atom is -0.477 e. The average molecular weight is 420 g/mol. The van der Waals surface area contributed by atoms with E-state index in [2.05, 4.69) is 10.1 Å². The fourth-order valence-corrected chi connectivity index (χ4v) is 4.43. The van der Waals surface area contributed by atoms with Crippen LogP contribution in [-0.2, 0) is 33.4 Å². The molecule has 11 heteroatoms. The van der Waals surface area contributed by atoms with E-state index in [9.17, 15) is 29.1 Å². The second-order valence-electron chi connectivity index (χ2n) is 6.04. The van der Waals surface area contributed by atoms with Gasteiger partial charge in [0.25, 0.3) is 18.3 Å². The lowest BCUT2D eigenvalue weighted by atomic mass is 10.0. The number of methoxy groups -OCH3 is 1. The maximum Gasteiger partial charge on any atom is 0.353 e. The van der Waals surface area contributed by atoms with Crippen molar-refractivity contribution in [3.8, 4) is 0 Å². The summed E-state index contributed by atoms with van der Waals surface area (Å²) < 4.78 is 9.45. The molecule has 1 aromatic carbocycles. The summed E-state index contributed by atoms with van der Waals surface area (Å²) in [5.41, 5.74) is -0.179. The van der Waals surface area contributed by atoms with Gasteiger partial charge in [0.2, 0.25) is 6.10 Å². The Morgan fingerprint density at radius 2 is 2.00 bits per heavy atom. The Hall–Kier alpha value is -3.34. The van der Waals surface area contributed by atoms with Crippen molar-refractivity contribution in [1.82, 2.24) is 10.2 Å². The molecule has 1 fully saturated rings. The number of benzene rings is 1. The van der Waals surface area contributed by atoms with Crippen molar-refractivity contribution in [3.63, 3.8) is 0 Å². The van der Waals surface area contributed by atoms with Gasteiger partial charge in [0, 0.05) is 11.3 Å². The van der Waals surface area contributed by atoms with Crippen LogP contribution < -0.4 is 5.32 Å². The maximum atomic E-state index is 12.6. The lowest BCUT2D eigenvalue weighted by molar-refractivity contribution is -0.154. The Balaban J connectivity index is 1.80. The molecule has 2 unspecified atom stereocenters. The molecule has 10 nitrogen and oxygen atoms in total. The third kappa shape index (κ3) is 3.68. The minimum absolute atomic E-state index is 0.00206. The Morgan fingerprint density at radius 3 is 2.59 bits per heavy atom. The van der Waals surface area contributed by atoms with Crippen LogP contribution in [0.15, 0.2) is 41.6 Å². The van der Waals surface area contributed by atoms with Gasteiger partial charge in [-0.1, -0.05) is 30.3 Å². The van der Waals surface area contributed by atoms with Gasteiger partial charge in [-0.15, -0.1) is 11.8 Å². The SMILES string of the molecule is COC(=O)C1=C(C(=O)O)N2C(=O)C(NC(=O)C(OC=O)c3ccccc3)[C@@H]2SC1. The zero-order valence-electron chi connectivity index (χ0n) is 15.1. The summed E-state index contributed by atoms with van der Waals surface area (Å²) in [4.78, 5) is 60.4. The number of nitrogens with one attached hydrogen (secondary N) is 1. The Morgan fingerprint density at radius 1 is 1.31 bits per heavy atom. The maximum absolute atomic E-state index is 12.6. The van der Waals surface area contributed by atoms with E-state index < -0.39 is 47.0 Å². The summed E-state index contributed by atoms with van der Waals surface area (Å²) in [6.45, 7) is 0.134. The van der Waals surface area contributed by atoms with Crippen molar-refractivity contribution in [2.75, 3.05) is 12.9 Å². The van der Waals surface area contributed by atoms with Crippen molar-refractivity contribution in [3.05, 3.63) is 47.2 Å². The predicted octanol–water partition coefficient (Wildman–Crippen LogP) is -0.188. The van der Waals surface area contributed by atoms with Gasteiger partial charge < -0.3 is 19.9 Å². The van der Waals surface area contributed by atoms with Crippen LogP contribution in [0, 0.1) is 0 Å². The third-order valence-corrected chi connectivity index (χ3v) is 5.71. The number of carbonyl (C=O) groups excluding carboxylic acids is 4. The van der Waals surface area contributed by atoms with E-state index in [0.29, 0.717) is 5.56 Å². The molecular formula is C18H16N2O8S. The topological polar surface area (TPSA) is 139 Å². The number of β-lactam (4-membered cyclic amide) rings is 1. The van der Waals surface area contributed by atoms with Crippen LogP contribution in [0.2, 0.25) is 0 Å². The first-order valence-corrected chi connectivity index (χ1v) is 9.39. The van der Waals surface area contributed by atoms with E-state index in [1.165, 1.54) is 0 Å². The number of hydrogen-bond acceptors (Lipinski definition) is 8. The molecule has 2 aliphatic heterocycles. The van der Waals surface area contributed by atoms with E-state index in [1.807, 2.05) is 0 Å². The number of carbonyl (C=O) groups is 5. The van der Waals surface area contributed by atoms with Crippen LogP contribution in [0.25, 0.3) is 0 Å². The third-order valence-electron chi connectivity index (χ3n) is 4.43. The molecule has 0 aliphatic carbocycles. The van der Waals surface area contributed by atoms with Crippen molar-refractivity contribution in [2.24, 2.45) is 0 Å². The fraction of sp³-hybridized carbons (Fsp3) is 0.278. The van der Waals surface area contributed by atoms with Crippen LogP contribution in [0.5, 0.6) is 0 Å². The van der Waals surface area contributed by atoms with Crippen molar-refractivity contribution in [1.29, 1.82) is 0 Å². The Bertz CT molecular complexity index is 900. The van der Waals surface area contributed by atoms with Gasteiger partial charge in [0.15, 0.2) is 0 Å². The van der Waals surface area contributed by atoms with Crippen LogP contribution in [0.4, 0.5) is 0 Å². The van der Waals surface area contributed by atoms with Gasteiger partial charge in [-0.2, -0.15) is 0 Å². The Kier molecular flexibility index (Phi) is 5.87. The molecule has 152 valence electrons. The molecule has 2 aliphatic rings. The number of rotatable bonds is 7. The second-order valence-corrected chi connectivity index (χ2v) is 7.15. The number of aliphatic carboxylic acids is 1. The quantitative estimate of drug-likeness (QED) is 0.349. The van der Waals surface area contributed by atoms with Crippen LogP contribution in [0.1, 0.15) is 11.7 Å². The summed E-state index contributed by atoms with van der Waals surface area (Å²) >= 11 is 1.12. The number of fused-ring (bicyclic) bond motifs is 1. The zero-order valence-corrected chi connectivity index (χ0v) is 15.9. The van der Waals surface area contributed by atoms with E-state index in [-0.39, 0.29) is 17.8 Å². The predicted molar refractivity (Wildman–Crippen MR) is 98.0 cm³/mol. The molecule has 3 atom stereocenters. The Labute approximate surface area is 168 Å². The first-order valence-electron chi connectivity index (χ1n) is 8.34. The van der Waals surface area contributed by atoms with E-state index in [1.54, 1.807) is 30.3 Å². The molecule has 2 heterocycles. The number of carboxylic acids is 1. The molecule has 3 rings (SSSR count). The number of esters is 1. The van der Waals surface area contributed by atoms with Crippen molar-refractivity contribution in [2.45, 2.75) is 17.5 Å². The molecule has 0 spiro atoms. The summed E-state index contributed by atoms with van der Waals surface area (Å²) in [6, 6.07) is 7.20. The number of carboxylic acid groups (broad SMARTS) is 1. The van der Waals surface area contributed by atoms with Crippen LogP contribution in [0.3, 0.4) is 0 Å². The molecular weight excluding hydrogens is 404 g/mol. The van der Waals surface area contributed by atoms with E-state index in [4.69, 9.17) is 4.74 Å². The van der Waals surface area contributed by atoms with E-state index >= 15 is 0 Å². The monoisotopic (exact) mass is 420 g/mol. The molecule has 0 bridgehead atoms. The molecule has 29 heavy (non-hydrogen) atoms. The number of ether oxygens (including phenoxy) is 2. The summed E-state index contributed by atoms with van der Waals surface area (Å²) in [7, 11) is 1.11. The molecule has 0 saturated carbocycles. The average Bonchev–Trinajstić information content (AvgIpc) is 2.74. The van der Waals surface area contributed by atoms with Gasteiger partial charge in [-0.3, -0.25) is 19.3 Å². The lowest BCUT2D eigenvalue weighted by Gasteiger charge is -2.49. The van der Waals surface area contributed by atoms with Crippen LogP contribution in [-0.4, -0.2) is 64.5 Å².